The molecule has 6 heteroatoms. The van der Waals surface area contributed by atoms with Gasteiger partial charge < -0.3 is 19.1 Å². The predicted molar refractivity (Wildman–Crippen MR) is 108 cm³/mol. The molecule has 3 rings (SSSR count). The molecule has 1 saturated heterocycles. The van der Waals surface area contributed by atoms with Gasteiger partial charge in [0.2, 0.25) is 5.91 Å². The Balaban J connectivity index is 1.75. The second-order valence-electron chi connectivity index (χ2n) is 6.37. The van der Waals surface area contributed by atoms with E-state index in [2.05, 4.69) is 0 Å². The molecule has 144 valence electrons. The van der Waals surface area contributed by atoms with E-state index < -0.39 is 0 Å². The van der Waals surface area contributed by atoms with Gasteiger partial charge in [0.1, 0.15) is 11.1 Å². The number of benzene rings is 2. The minimum Gasteiger partial charge on any atom is -0.497 e. The summed E-state index contributed by atoms with van der Waals surface area (Å²) in [6, 6.07) is 13.8. The Labute approximate surface area is 164 Å². The molecule has 1 aliphatic heterocycles. The Morgan fingerprint density at radius 2 is 1.67 bits per heavy atom. The highest BCUT2D eigenvalue weighted by Gasteiger charge is 2.38. The van der Waals surface area contributed by atoms with Gasteiger partial charge in [0.25, 0.3) is 0 Å². The van der Waals surface area contributed by atoms with Crippen molar-refractivity contribution in [1.29, 1.82) is 0 Å². The van der Waals surface area contributed by atoms with Crippen molar-refractivity contribution >= 4 is 17.7 Å². The summed E-state index contributed by atoms with van der Waals surface area (Å²) in [4.78, 5) is 14.7. The summed E-state index contributed by atoms with van der Waals surface area (Å²) in [7, 11) is 4.91. The molecule has 0 saturated carbocycles. The maximum absolute atomic E-state index is 12.7. The van der Waals surface area contributed by atoms with Crippen LogP contribution in [0, 0.1) is 0 Å². The van der Waals surface area contributed by atoms with Crippen molar-refractivity contribution in [3.05, 3.63) is 53.6 Å². The minimum atomic E-state index is -0.0393. The van der Waals surface area contributed by atoms with E-state index in [1.54, 1.807) is 33.1 Å². The number of carbonyl (C=O) groups excluding carboxylic acids is 1. The van der Waals surface area contributed by atoms with E-state index >= 15 is 0 Å². The summed E-state index contributed by atoms with van der Waals surface area (Å²) >= 11 is 1.69. The first-order valence-corrected chi connectivity index (χ1v) is 9.82. The molecule has 0 N–H and O–H groups in total. The molecular formula is C21H25NO4S. The molecule has 2 aromatic rings. The van der Waals surface area contributed by atoms with Crippen molar-refractivity contribution in [2.45, 2.75) is 24.0 Å². The number of hydrogen-bond acceptors (Lipinski definition) is 5. The van der Waals surface area contributed by atoms with Crippen LogP contribution in [0.15, 0.2) is 42.5 Å². The zero-order valence-corrected chi connectivity index (χ0v) is 16.9. The second kappa shape index (κ2) is 8.57. The molecular weight excluding hydrogens is 362 g/mol. The fourth-order valence-corrected chi connectivity index (χ4v) is 4.52. The van der Waals surface area contributed by atoms with Gasteiger partial charge in [-0.1, -0.05) is 18.2 Å². The smallest absolute Gasteiger partial charge is 0.236 e. The van der Waals surface area contributed by atoms with Crippen LogP contribution in [0.3, 0.4) is 0 Å². The van der Waals surface area contributed by atoms with Crippen molar-refractivity contribution in [2.24, 2.45) is 0 Å². The number of amides is 1. The first kappa shape index (κ1) is 19.4. The Hall–Kier alpha value is -2.34. The van der Waals surface area contributed by atoms with E-state index in [1.165, 1.54) is 0 Å². The number of ether oxygens (including phenoxy) is 3. The topological polar surface area (TPSA) is 48.0 Å². The lowest BCUT2D eigenvalue weighted by atomic mass is 10.1. The fourth-order valence-electron chi connectivity index (χ4n) is 3.21. The van der Waals surface area contributed by atoms with Crippen molar-refractivity contribution in [1.82, 2.24) is 4.90 Å². The van der Waals surface area contributed by atoms with E-state index in [-0.39, 0.29) is 16.5 Å². The van der Waals surface area contributed by atoms with E-state index in [0.717, 1.165) is 23.3 Å². The third kappa shape index (κ3) is 4.16. The first-order chi connectivity index (χ1) is 13.1. The minimum absolute atomic E-state index is 0.0264. The summed E-state index contributed by atoms with van der Waals surface area (Å²) in [6.45, 7) is 2.63. The maximum atomic E-state index is 12.7. The quantitative estimate of drug-likeness (QED) is 0.721. The maximum Gasteiger partial charge on any atom is 0.236 e. The van der Waals surface area contributed by atoms with Crippen LogP contribution in [0.2, 0.25) is 0 Å². The molecule has 0 radical (unpaired) electrons. The molecule has 0 unspecified atom stereocenters. The number of carbonyl (C=O) groups is 1. The molecule has 1 amide bonds. The lowest BCUT2D eigenvalue weighted by Crippen LogP contribution is -2.32. The van der Waals surface area contributed by atoms with Gasteiger partial charge in [-0.3, -0.25) is 4.79 Å². The summed E-state index contributed by atoms with van der Waals surface area (Å²) in [5.41, 5.74) is 2.23. The van der Waals surface area contributed by atoms with Crippen LogP contribution in [-0.2, 0) is 11.2 Å². The van der Waals surface area contributed by atoms with Crippen LogP contribution >= 0.6 is 11.8 Å². The molecule has 0 bridgehead atoms. The Morgan fingerprint density at radius 3 is 2.30 bits per heavy atom. The Bertz CT molecular complexity index is 793. The van der Waals surface area contributed by atoms with Crippen molar-refractivity contribution in [3.8, 4) is 17.2 Å². The van der Waals surface area contributed by atoms with Gasteiger partial charge in [0.15, 0.2) is 11.5 Å². The lowest BCUT2D eigenvalue weighted by molar-refractivity contribution is -0.129. The number of thioether (sulfide) groups is 1. The highest BCUT2D eigenvalue weighted by Crippen LogP contribution is 2.43. The number of hydrogen-bond donors (Lipinski definition) is 0. The summed E-state index contributed by atoms with van der Waals surface area (Å²) in [6.07, 6.45) is 0.756. The molecule has 0 spiro atoms. The van der Waals surface area contributed by atoms with Crippen molar-refractivity contribution in [3.63, 3.8) is 0 Å². The number of rotatable bonds is 7. The second-order valence-corrected chi connectivity index (χ2v) is 7.80. The molecule has 2 aromatic carbocycles. The molecule has 2 atom stereocenters. The average molecular weight is 388 g/mol. The Morgan fingerprint density at radius 1 is 0.963 bits per heavy atom. The summed E-state index contributed by atoms with van der Waals surface area (Å²) < 4.78 is 15.9. The zero-order chi connectivity index (χ0) is 19.4. The van der Waals surface area contributed by atoms with Gasteiger partial charge >= 0.3 is 0 Å². The standard InChI is InChI=1S/C21H25NO4S/c1-14-20(23)22(21(27-14)16-6-8-17(24-2)9-7-16)12-11-15-5-10-18(25-3)19(13-15)26-4/h5-10,13-14,21H,11-12H2,1-4H3/t14-,21-/m0/s1. The van der Waals surface area contributed by atoms with Crippen molar-refractivity contribution < 1.29 is 19.0 Å². The van der Waals surface area contributed by atoms with Gasteiger partial charge in [-0.25, -0.2) is 0 Å². The van der Waals surface area contributed by atoms with Crippen LogP contribution < -0.4 is 14.2 Å². The number of nitrogens with zero attached hydrogens (tertiary/aromatic N) is 1. The van der Waals surface area contributed by atoms with E-state index in [4.69, 9.17) is 14.2 Å². The molecule has 1 heterocycles. The predicted octanol–water partition coefficient (Wildman–Crippen LogP) is 3.92. The number of methoxy groups -OCH3 is 3. The summed E-state index contributed by atoms with van der Waals surface area (Å²) in [5, 5.41) is -0.0129. The van der Waals surface area contributed by atoms with Crippen LogP contribution in [-0.4, -0.2) is 43.9 Å². The van der Waals surface area contributed by atoms with Crippen LogP contribution in [0.25, 0.3) is 0 Å². The fraction of sp³-hybridized carbons (Fsp3) is 0.381. The van der Waals surface area contributed by atoms with Crippen molar-refractivity contribution in [2.75, 3.05) is 27.9 Å². The van der Waals surface area contributed by atoms with Crippen LogP contribution in [0.1, 0.15) is 23.4 Å². The van der Waals surface area contributed by atoms with E-state index in [1.807, 2.05) is 54.3 Å². The molecule has 1 fully saturated rings. The molecule has 0 aromatic heterocycles. The normalized spacial score (nSPS) is 19.3. The third-order valence-corrected chi connectivity index (χ3v) is 6.13. The van der Waals surface area contributed by atoms with Crippen LogP contribution in [0.5, 0.6) is 17.2 Å². The van der Waals surface area contributed by atoms with Gasteiger partial charge in [-0.2, -0.15) is 0 Å². The highest BCUT2D eigenvalue weighted by atomic mass is 32.2. The molecule has 5 nitrogen and oxygen atoms in total. The SMILES string of the molecule is COc1ccc([C@@H]2S[C@@H](C)C(=O)N2CCc2ccc(OC)c(OC)c2)cc1. The molecule has 27 heavy (non-hydrogen) atoms. The van der Waals surface area contributed by atoms with E-state index in [0.29, 0.717) is 18.0 Å². The first-order valence-electron chi connectivity index (χ1n) is 8.88. The van der Waals surface area contributed by atoms with Crippen LogP contribution in [0.4, 0.5) is 0 Å². The largest absolute Gasteiger partial charge is 0.497 e. The summed E-state index contributed by atoms with van der Waals surface area (Å²) in [5.74, 6) is 2.41. The van der Waals surface area contributed by atoms with Gasteiger partial charge in [-0.15, -0.1) is 11.8 Å². The molecule has 1 aliphatic rings. The monoisotopic (exact) mass is 387 g/mol. The lowest BCUT2D eigenvalue weighted by Gasteiger charge is -2.24. The van der Waals surface area contributed by atoms with Gasteiger partial charge in [0.05, 0.1) is 26.6 Å². The van der Waals surface area contributed by atoms with Gasteiger partial charge in [-0.05, 0) is 48.7 Å². The third-order valence-electron chi connectivity index (χ3n) is 4.74. The molecule has 0 aliphatic carbocycles. The van der Waals surface area contributed by atoms with E-state index in [9.17, 15) is 4.79 Å². The highest BCUT2D eigenvalue weighted by molar-refractivity contribution is 8.01. The zero-order valence-electron chi connectivity index (χ0n) is 16.1. The average Bonchev–Trinajstić information content (AvgIpc) is 3.00. The Kier molecular flexibility index (Phi) is 6.16. The van der Waals surface area contributed by atoms with Gasteiger partial charge in [0, 0.05) is 6.54 Å².